The Morgan fingerprint density at radius 1 is 1.77 bits per heavy atom. The third kappa shape index (κ3) is 2.63. The van der Waals surface area contributed by atoms with Crippen molar-refractivity contribution >= 4 is 17.7 Å². The lowest BCUT2D eigenvalue weighted by Crippen LogP contribution is -2.39. The van der Waals surface area contributed by atoms with E-state index in [9.17, 15) is 4.79 Å². The smallest absolute Gasteiger partial charge is 0.237 e. The summed E-state index contributed by atoms with van der Waals surface area (Å²) in [6.45, 7) is 2.70. The van der Waals surface area contributed by atoms with E-state index in [1.54, 1.807) is 0 Å². The molecule has 0 unspecified atom stereocenters. The number of hydrogen-bond acceptors (Lipinski definition) is 3. The maximum atomic E-state index is 11.5. The molecular formula is C9H14N2OS. The molecule has 0 spiro atoms. The monoisotopic (exact) mass is 198 g/mol. The van der Waals surface area contributed by atoms with E-state index in [0.717, 1.165) is 24.5 Å². The first-order valence-electron chi connectivity index (χ1n) is 4.53. The Bertz CT molecular complexity index is 218. The molecule has 1 aliphatic heterocycles. The third-order valence-corrected chi connectivity index (χ3v) is 3.38. The van der Waals surface area contributed by atoms with Crippen molar-refractivity contribution in [2.75, 3.05) is 18.1 Å². The molecule has 1 rings (SSSR count). The van der Waals surface area contributed by atoms with E-state index in [-0.39, 0.29) is 12.3 Å². The first-order valence-corrected chi connectivity index (χ1v) is 5.69. The van der Waals surface area contributed by atoms with Gasteiger partial charge in [0, 0.05) is 18.3 Å². The number of carbonyl (C=O) groups excluding carboxylic acids is 1. The topological polar surface area (TPSA) is 44.1 Å². The third-order valence-electron chi connectivity index (χ3n) is 2.24. The summed E-state index contributed by atoms with van der Waals surface area (Å²) in [5.74, 6) is 2.16. The number of rotatable bonds is 3. The molecule has 0 N–H and O–H groups in total. The zero-order valence-corrected chi connectivity index (χ0v) is 8.64. The fraction of sp³-hybridized carbons (Fsp3) is 0.778. The molecule has 0 radical (unpaired) electrons. The standard InChI is InChI=1S/C9H14N2OS/c1-2-11(9(12)3-5-10)8-4-6-13-7-8/h8H,2-4,6-7H2,1H3/t8-/m1/s1. The van der Waals surface area contributed by atoms with Gasteiger partial charge in [0.2, 0.25) is 5.91 Å². The minimum Gasteiger partial charge on any atom is -0.338 e. The summed E-state index contributed by atoms with van der Waals surface area (Å²) in [7, 11) is 0. The average Bonchev–Trinajstić information content (AvgIpc) is 2.59. The van der Waals surface area contributed by atoms with Crippen LogP contribution in [0, 0.1) is 11.3 Å². The normalized spacial score (nSPS) is 21.1. The molecule has 0 bridgehead atoms. The van der Waals surface area contributed by atoms with Gasteiger partial charge in [-0.1, -0.05) is 0 Å². The Morgan fingerprint density at radius 3 is 3.00 bits per heavy atom. The number of carbonyl (C=O) groups is 1. The van der Waals surface area contributed by atoms with E-state index in [1.165, 1.54) is 0 Å². The van der Waals surface area contributed by atoms with Gasteiger partial charge in [0.15, 0.2) is 0 Å². The number of thioether (sulfide) groups is 1. The van der Waals surface area contributed by atoms with Gasteiger partial charge in [0.25, 0.3) is 0 Å². The summed E-state index contributed by atoms with van der Waals surface area (Å²) >= 11 is 1.88. The summed E-state index contributed by atoms with van der Waals surface area (Å²) in [5.41, 5.74) is 0. The minimum atomic E-state index is -0.0162. The Hall–Kier alpha value is -0.690. The Balaban J connectivity index is 2.50. The predicted octanol–water partition coefficient (Wildman–Crippen LogP) is 1.25. The summed E-state index contributed by atoms with van der Waals surface area (Å²) in [4.78, 5) is 13.3. The van der Waals surface area contributed by atoms with Gasteiger partial charge in [-0.15, -0.1) is 0 Å². The van der Waals surface area contributed by atoms with Gasteiger partial charge in [0.05, 0.1) is 6.07 Å². The second kappa shape index (κ2) is 5.13. The predicted molar refractivity (Wildman–Crippen MR) is 53.3 cm³/mol. The fourth-order valence-electron chi connectivity index (χ4n) is 1.58. The molecule has 3 nitrogen and oxygen atoms in total. The van der Waals surface area contributed by atoms with Gasteiger partial charge in [-0.2, -0.15) is 17.0 Å². The maximum absolute atomic E-state index is 11.5. The first kappa shape index (κ1) is 10.4. The van der Waals surface area contributed by atoms with E-state index in [4.69, 9.17) is 5.26 Å². The van der Waals surface area contributed by atoms with Crippen LogP contribution in [0.5, 0.6) is 0 Å². The van der Waals surface area contributed by atoms with Crippen LogP contribution >= 0.6 is 11.8 Å². The SMILES string of the molecule is CCN(C(=O)CC#N)[C@@H]1CCSC1. The molecule has 0 aromatic carbocycles. The maximum Gasteiger partial charge on any atom is 0.237 e. The second-order valence-corrected chi connectivity index (χ2v) is 4.18. The Labute approximate surface area is 83.1 Å². The van der Waals surface area contributed by atoms with Gasteiger partial charge in [-0.3, -0.25) is 4.79 Å². The van der Waals surface area contributed by atoms with Crippen molar-refractivity contribution in [3.8, 4) is 6.07 Å². The summed E-state index contributed by atoms with van der Waals surface area (Å²) < 4.78 is 0. The molecule has 0 saturated carbocycles. The van der Waals surface area contributed by atoms with Crippen LogP contribution in [0.2, 0.25) is 0 Å². The molecular weight excluding hydrogens is 184 g/mol. The molecule has 0 aliphatic carbocycles. The van der Waals surface area contributed by atoms with E-state index >= 15 is 0 Å². The molecule has 1 saturated heterocycles. The van der Waals surface area contributed by atoms with Crippen molar-refractivity contribution in [1.29, 1.82) is 5.26 Å². The molecule has 1 amide bonds. The zero-order valence-electron chi connectivity index (χ0n) is 7.82. The van der Waals surface area contributed by atoms with Crippen molar-refractivity contribution in [2.24, 2.45) is 0 Å². The van der Waals surface area contributed by atoms with E-state index in [1.807, 2.05) is 29.7 Å². The number of hydrogen-bond donors (Lipinski definition) is 0. The summed E-state index contributed by atoms with van der Waals surface area (Å²) in [6.07, 6.45) is 1.10. The van der Waals surface area contributed by atoms with Crippen LogP contribution in [0.4, 0.5) is 0 Å². The largest absolute Gasteiger partial charge is 0.338 e. The number of nitriles is 1. The highest BCUT2D eigenvalue weighted by Crippen LogP contribution is 2.22. The van der Waals surface area contributed by atoms with E-state index in [0.29, 0.717) is 6.04 Å². The van der Waals surface area contributed by atoms with Crippen molar-refractivity contribution in [3.05, 3.63) is 0 Å². The molecule has 4 heteroatoms. The Morgan fingerprint density at radius 2 is 2.54 bits per heavy atom. The number of amides is 1. The van der Waals surface area contributed by atoms with Crippen molar-refractivity contribution < 1.29 is 4.79 Å². The molecule has 1 heterocycles. The van der Waals surface area contributed by atoms with Gasteiger partial charge in [0.1, 0.15) is 6.42 Å². The van der Waals surface area contributed by atoms with Crippen LogP contribution < -0.4 is 0 Å². The molecule has 1 aliphatic rings. The summed E-state index contributed by atoms with van der Waals surface area (Å²) in [5, 5.41) is 8.42. The molecule has 13 heavy (non-hydrogen) atoms. The van der Waals surface area contributed by atoms with Gasteiger partial charge in [-0.25, -0.2) is 0 Å². The van der Waals surface area contributed by atoms with Crippen LogP contribution in [0.1, 0.15) is 19.8 Å². The molecule has 0 aromatic heterocycles. The fourth-order valence-corrected chi connectivity index (χ4v) is 2.80. The lowest BCUT2D eigenvalue weighted by Gasteiger charge is -2.26. The average molecular weight is 198 g/mol. The highest BCUT2D eigenvalue weighted by molar-refractivity contribution is 7.99. The quantitative estimate of drug-likeness (QED) is 0.685. The van der Waals surface area contributed by atoms with E-state index < -0.39 is 0 Å². The van der Waals surface area contributed by atoms with Crippen LogP contribution in [0.25, 0.3) is 0 Å². The lowest BCUT2D eigenvalue weighted by atomic mass is 10.2. The molecule has 1 fully saturated rings. The highest BCUT2D eigenvalue weighted by atomic mass is 32.2. The van der Waals surface area contributed by atoms with E-state index in [2.05, 4.69) is 0 Å². The van der Waals surface area contributed by atoms with Crippen molar-refractivity contribution in [1.82, 2.24) is 4.90 Å². The number of nitrogens with zero attached hydrogens (tertiary/aromatic N) is 2. The first-order chi connectivity index (χ1) is 6.29. The Kier molecular flexibility index (Phi) is 4.10. The van der Waals surface area contributed by atoms with Crippen molar-refractivity contribution in [2.45, 2.75) is 25.8 Å². The van der Waals surface area contributed by atoms with Crippen LogP contribution in [-0.2, 0) is 4.79 Å². The zero-order chi connectivity index (χ0) is 9.68. The minimum absolute atomic E-state index is 0.0162. The van der Waals surface area contributed by atoms with Gasteiger partial charge >= 0.3 is 0 Å². The second-order valence-electron chi connectivity index (χ2n) is 3.03. The summed E-state index contributed by atoms with van der Waals surface area (Å²) in [6, 6.07) is 2.28. The van der Waals surface area contributed by atoms with Crippen LogP contribution in [0.3, 0.4) is 0 Å². The van der Waals surface area contributed by atoms with Crippen LogP contribution in [0.15, 0.2) is 0 Å². The highest BCUT2D eigenvalue weighted by Gasteiger charge is 2.25. The molecule has 72 valence electrons. The molecule has 0 aromatic rings. The van der Waals surface area contributed by atoms with Crippen molar-refractivity contribution in [3.63, 3.8) is 0 Å². The van der Waals surface area contributed by atoms with Gasteiger partial charge in [-0.05, 0) is 19.1 Å². The lowest BCUT2D eigenvalue weighted by molar-refractivity contribution is -0.131. The van der Waals surface area contributed by atoms with Crippen LogP contribution in [-0.4, -0.2) is 34.9 Å². The molecule has 1 atom stereocenters. The van der Waals surface area contributed by atoms with Gasteiger partial charge < -0.3 is 4.90 Å².